The lowest BCUT2D eigenvalue weighted by Gasteiger charge is -2.25. The summed E-state index contributed by atoms with van der Waals surface area (Å²) >= 11 is 0. The highest BCUT2D eigenvalue weighted by atomic mass is 32.2. The zero-order valence-corrected chi connectivity index (χ0v) is 19.1. The van der Waals surface area contributed by atoms with E-state index in [9.17, 15) is 18.6 Å². The monoisotopic (exact) mass is 466 g/mol. The molecule has 1 saturated heterocycles. The van der Waals surface area contributed by atoms with Gasteiger partial charge in [-0.1, -0.05) is 48.2 Å². The molecule has 8 heteroatoms. The average Bonchev–Trinajstić information content (AvgIpc) is 3.28. The first-order valence-corrected chi connectivity index (χ1v) is 12.5. The summed E-state index contributed by atoms with van der Waals surface area (Å²) in [6, 6.07) is 15.3. The van der Waals surface area contributed by atoms with Crippen LogP contribution in [-0.2, 0) is 21.2 Å². The highest BCUT2D eigenvalue weighted by Gasteiger charge is 2.33. The van der Waals surface area contributed by atoms with Crippen molar-refractivity contribution in [2.75, 3.05) is 18.1 Å². The Balaban J connectivity index is 1.39. The van der Waals surface area contributed by atoms with E-state index in [1.165, 1.54) is 0 Å². The Morgan fingerprint density at radius 3 is 2.33 bits per heavy atom. The molecule has 1 aliphatic rings. The molecule has 7 nitrogen and oxygen atoms in total. The zero-order chi connectivity index (χ0) is 23.4. The molecule has 1 aliphatic heterocycles. The predicted octanol–water partition coefficient (Wildman–Crippen LogP) is 2.50. The van der Waals surface area contributed by atoms with E-state index in [1.807, 2.05) is 48.5 Å². The van der Waals surface area contributed by atoms with Crippen LogP contribution in [0.5, 0.6) is 0 Å². The van der Waals surface area contributed by atoms with Crippen molar-refractivity contribution in [3.05, 3.63) is 77.9 Å². The maximum Gasteiger partial charge on any atom is 0.155 e. The number of imidazole rings is 1. The van der Waals surface area contributed by atoms with Crippen LogP contribution >= 0.6 is 0 Å². The molecule has 3 aromatic rings. The third-order valence-electron chi connectivity index (χ3n) is 5.50. The van der Waals surface area contributed by atoms with Crippen LogP contribution in [0.2, 0.25) is 0 Å². The molecule has 2 atom stereocenters. The van der Waals surface area contributed by atoms with Gasteiger partial charge in [0, 0.05) is 18.0 Å². The number of sulfone groups is 1. The summed E-state index contributed by atoms with van der Waals surface area (Å²) in [6.45, 7) is 1.84. The molecule has 33 heavy (non-hydrogen) atoms. The molecule has 4 rings (SSSR count). The van der Waals surface area contributed by atoms with Crippen LogP contribution in [0, 0.1) is 11.8 Å². The first-order valence-electron chi connectivity index (χ1n) is 10.7. The van der Waals surface area contributed by atoms with Crippen molar-refractivity contribution >= 4 is 9.84 Å². The summed E-state index contributed by atoms with van der Waals surface area (Å²) in [4.78, 5) is 4.13. The van der Waals surface area contributed by atoms with Crippen molar-refractivity contribution in [3.63, 3.8) is 0 Å². The molecular formula is C25H26N2O5S. The lowest BCUT2D eigenvalue weighted by molar-refractivity contribution is 0.0603. The highest BCUT2D eigenvalue weighted by Crippen LogP contribution is 2.22. The molecule has 1 fully saturated rings. The number of hydrogen-bond donors (Lipinski definition) is 2. The molecule has 0 bridgehead atoms. The zero-order valence-electron chi connectivity index (χ0n) is 18.3. The van der Waals surface area contributed by atoms with Gasteiger partial charge in [-0.2, -0.15) is 0 Å². The normalized spacial score (nSPS) is 16.9. The van der Waals surface area contributed by atoms with E-state index in [0.29, 0.717) is 12.4 Å². The minimum atomic E-state index is -2.87. The largest absolute Gasteiger partial charge is 0.393 e. The maximum atomic E-state index is 11.2. The van der Waals surface area contributed by atoms with Crippen molar-refractivity contribution < 1.29 is 23.4 Å². The average molecular weight is 467 g/mol. The van der Waals surface area contributed by atoms with Crippen LogP contribution in [0.1, 0.15) is 36.0 Å². The number of nitrogens with zero attached hydrogens (tertiary/aromatic N) is 2. The number of ether oxygens (including phenoxy) is 1. The third-order valence-corrected chi connectivity index (χ3v) is 7.26. The molecule has 0 aliphatic carbocycles. The quantitative estimate of drug-likeness (QED) is 0.519. The first-order chi connectivity index (χ1) is 15.8. The van der Waals surface area contributed by atoms with E-state index >= 15 is 0 Å². The third kappa shape index (κ3) is 5.70. The van der Waals surface area contributed by atoms with Gasteiger partial charge in [0.25, 0.3) is 0 Å². The fraction of sp³-hybridized carbons (Fsp3) is 0.320. The summed E-state index contributed by atoms with van der Waals surface area (Å²) in [6.07, 6.45) is 2.34. The number of aliphatic hydroxyl groups excluding tert-OH is 2. The Labute approximate surface area is 193 Å². The van der Waals surface area contributed by atoms with Crippen LogP contribution in [0.15, 0.2) is 60.9 Å². The predicted molar refractivity (Wildman–Crippen MR) is 125 cm³/mol. The molecule has 0 radical (unpaired) electrons. The molecule has 0 unspecified atom stereocenters. The maximum absolute atomic E-state index is 11.2. The van der Waals surface area contributed by atoms with Crippen LogP contribution in [0.4, 0.5) is 0 Å². The Bertz CT molecular complexity index is 1240. The molecule has 2 N–H and O–H groups in total. The first kappa shape index (κ1) is 23.2. The van der Waals surface area contributed by atoms with Crippen molar-refractivity contribution in [1.29, 1.82) is 0 Å². The fourth-order valence-corrected chi connectivity index (χ4v) is 4.88. The van der Waals surface area contributed by atoms with Crippen molar-refractivity contribution in [3.8, 4) is 23.0 Å². The van der Waals surface area contributed by atoms with Crippen molar-refractivity contribution in [2.24, 2.45) is 0 Å². The smallest absolute Gasteiger partial charge is 0.155 e. The number of aromatic nitrogens is 2. The van der Waals surface area contributed by atoms with Gasteiger partial charge in [0.1, 0.15) is 18.0 Å². The number of aliphatic hydroxyl groups is 2. The van der Waals surface area contributed by atoms with Gasteiger partial charge in [-0.15, -0.1) is 0 Å². The van der Waals surface area contributed by atoms with E-state index < -0.39 is 22.0 Å². The molecule has 0 spiro atoms. The van der Waals surface area contributed by atoms with Gasteiger partial charge in [-0.25, -0.2) is 13.4 Å². The summed E-state index contributed by atoms with van der Waals surface area (Å²) in [5.74, 6) is 6.82. The SMILES string of the molecule is C[C@H](O)c1nccn1[C@@H](C#Cc1ccc(-c2ccc(COC3CS(=O)(=O)C3)cc2)cc1)CO. The van der Waals surface area contributed by atoms with E-state index in [2.05, 4.69) is 16.8 Å². The topological polar surface area (TPSA) is 102 Å². The minimum Gasteiger partial charge on any atom is -0.393 e. The summed E-state index contributed by atoms with van der Waals surface area (Å²) in [5, 5.41) is 19.6. The van der Waals surface area contributed by atoms with Crippen LogP contribution in [0.3, 0.4) is 0 Å². The summed E-state index contributed by atoms with van der Waals surface area (Å²) in [7, 11) is -2.87. The van der Waals surface area contributed by atoms with Crippen LogP contribution in [-0.4, -0.2) is 52.4 Å². The molecule has 1 aromatic heterocycles. The standard InChI is InChI=1S/C25H26N2O5S/c1-18(29)25-26-12-13-27(25)23(14-28)11-6-19-2-7-21(8-3-19)22-9-4-20(5-10-22)15-32-24-16-33(30,31)17-24/h2-5,7-10,12-13,18,23-24,28-29H,14-17H2,1H3/t18-,23-/m0/s1. The van der Waals surface area contributed by atoms with E-state index in [1.54, 1.807) is 23.9 Å². The minimum absolute atomic E-state index is 0.115. The van der Waals surface area contributed by atoms with Gasteiger partial charge in [0.15, 0.2) is 9.84 Å². The molecule has 0 saturated carbocycles. The molecular weight excluding hydrogens is 440 g/mol. The van der Waals surface area contributed by atoms with Crippen LogP contribution < -0.4 is 0 Å². The van der Waals surface area contributed by atoms with Gasteiger partial charge < -0.3 is 19.5 Å². The number of hydrogen-bond acceptors (Lipinski definition) is 6. The molecule has 0 amide bonds. The van der Waals surface area contributed by atoms with E-state index in [0.717, 1.165) is 22.3 Å². The second-order valence-corrected chi connectivity index (χ2v) is 10.3. The Morgan fingerprint density at radius 1 is 1.12 bits per heavy atom. The van der Waals surface area contributed by atoms with E-state index in [-0.39, 0.29) is 24.2 Å². The lowest BCUT2D eigenvalue weighted by Crippen LogP contribution is -2.43. The lowest BCUT2D eigenvalue weighted by atomic mass is 10.0. The highest BCUT2D eigenvalue weighted by molar-refractivity contribution is 7.92. The van der Waals surface area contributed by atoms with Crippen molar-refractivity contribution in [1.82, 2.24) is 9.55 Å². The number of benzene rings is 2. The number of rotatable bonds is 7. The summed E-state index contributed by atoms with van der Waals surface area (Å²) in [5.41, 5.74) is 3.91. The van der Waals surface area contributed by atoms with Gasteiger partial charge in [0.2, 0.25) is 0 Å². The molecule has 2 heterocycles. The fourth-order valence-electron chi connectivity index (χ4n) is 3.65. The van der Waals surface area contributed by atoms with E-state index in [4.69, 9.17) is 4.74 Å². The van der Waals surface area contributed by atoms with Gasteiger partial charge in [-0.3, -0.25) is 0 Å². The summed E-state index contributed by atoms with van der Waals surface area (Å²) < 4.78 is 29.7. The second-order valence-electron chi connectivity index (χ2n) is 8.12. The Morgan fingerprint density at radius 2 is 1.76 bits per heavy atom. The Kier molecular flexibility index (Phi) is 6.96. The molecule has 172 valence electrons. The Hall–Kier alpha value is -2.96. The van der Waals surface area contributed by atoms with Gasteiger partial charge in [0.05, 0.1) is 30.8 Å². The van der Waals surface area contributed by atoms with Gasteiger partial charge >= 0.3 is 0 Å². The van der Waals surface area contributed by atoms with Crippen LogP contribution in [0.25, 0.3) is 11.1 Å². The van der Waals surface area contributed by atoms with Gasteiger partial charge in [-0.05, 0) is 35.7 Å². The van der Waals surface area contributed by atoms with Crippen molar-refractivity contribution in [2.45, 2.75) is 31.8 Å². The molecule has 2 aromatic carbocycles. The second kappa shape index (κ2) is 9.89.